The van der Waals surface area contributed by atoms with Crippen molar-refractivity contribution >= 4 is 17.4 Å². The third-order valence-electron chi connectivity index (χ3n) is 4.58. The van der Waals surface area contributed by atoms with Gasteiger partial charge >= 0.3 is 5.97 Å². The van der Waals surface area contributed by atoms with Crippen molar-refractivity contribution in [3.05, 3.63) is 99.6 Å². The molecule has 5 nitrogen and oxygen atoms in total. The number of aryl methyl sites for hydroxylation is 1. The van der Waals surface area contributed by atoms with E-state index >= 15 is 0 Å². The van der Waals surface area contributed by atoms with Crippen LogP contribution >= 0.6 is 0 Å². The van der Waals surface area contributed by atoms with Crippen molar-refractivity contribution in [2.45, 2.75) is 26.7 Å². The highest BCUT2D eigenvalue weighted by atomic mass is 19.1. The number of hydrogen-bond donors (Lipinski definition) is 2. The molecule has 0 fully saturated rings. The molecule has 0 amide bonds. The Bertz CT molecular complexity index is 1180. The van der Waals surface area contributed by atoms with E-state index < -0.39 is 34.7 Å². The number of anilines is 1. The number of pyridine rings is 1. The van der Waals surface area contributed by atoms with E-state index in [9.17, 15) is 22.8 Å². The third kappa shape index (κ3) is 5.26. The summed E-state index contributed by atoms with van der Waals surface area (Å²) in [6.45, 7) is 7.89. The number of hydrogen-bond acceptors (Lipinski definition) is 3. The van der Waals surface area contributed by atoms with E-state index in [0.717, 1.165) is 18.2 Å². The molecule has 0 spiro atoms. The van der Waals surface area contributed by atoms with Crippen LogP contribution in [-0.4, -0.2) is 15.6 Å². The molecule has 0 atom stereocenters. The number of carboxylic acid groups (broad SMARTS) is 1. The largest absolute Gasteiger partial charge is 0.481 e. The third-order valence-corrected chi connectivity index (χ3v) is 4.58. The lowest BCUT2D eigenvalue weighted by Gasteiger charge is -2.17. The smallest absolute Gasteiger partial charge is 0.303 e. The summed E-state index contributed by atoms with van der Waals surface area (Å²) in [6.07, 6.45) is -0.372. The predicted molar refractivity (Wildman–Crippen MR) is 118 cm³/mol. The molecular weight excluding hydrogens is 421 g/mol. The fourth-order valence-electron chi connectivity index (χ4n) is 3.07. The van der Waals surface area contributed by atoms with Crippen molar-refractivity contribution in [2.75, 3.05) is 5.73 Å². The molecule has 0 saturated heterocycles. The maximum atomic E-state index is 14.7. The molecule has 3 aromatic rings. The van der Waals surface area contributed by atoms with Crippen LogP contribution in [0.1, 0.15) is 37.0 Å². The number of aliphatic carboxylic acids is 1. The standard InChI is InChI=1S/C22H17F3N2O3.C2H6/c1-12(14-3-5-15(23)6-4-14)16-7-8-19(28)27(22(16)26)21-17(24)10-13(11-18(21)25)2-9-20(29)30;1-2/h3-8,10-11H,1-2,9,26H2,(H,29,30);1-2H3. The lowest BCUT2D eigenvalue weighted by Crippen LogP contribution is -2.24. The topological polar surface area (TPSA) is 85.3 Å². The quantitative estimate of drug-likeness (QED) is 0.564. The van der Waals surface area contributed by atoms with Crippen LogP contribution in [0.2, 0.25) is 0 Å². The van der Waals surface area contributed by atoms with Crippen LogP contribution in [-0.2, 0) is 11.2 Å². The lowest BCUT2D eigenvalue weighted by molar-refractivity contribution is -0.136. The molecule has 1 aromatic heterocycles. The van der Waals surface area contributed by atoms with E-state index in [1.54, 1.807) is 0 Å². The van der Waals surface area contributed by atoms with E-state index in [4.69, 9.17) is 10.8 Å². The highest BCUT2D eigenvalue weighted by Gasteiger charge is 2.20. The van der Waals surface area contributed by atoms with Crippen molar-refractivity contribution in [3.8, 4) is 5.69 Å². The zero-order valence-corrected chi connectivity index (χ0v) is 17.7. The Hall–Kier alpha value is -3.81. The minimum absolute atomic E-state index is 0.0742. The van der Waals surface area contributed by atoms with Gasteiger partial charge in [0.1, 0.15) is 17.3 Å². The number of nitrogens with two attached hydrogens (primary N) is 1. The number of carbonyl (C=O) groups is 1. The zero-order chi connectivity index (χ0) is 24.0. The van der Waals surface area contributed by atoms with Gasteiger partial charge in [-0.2, -0.15) is 0 Å². The van der Waals surface area contributed by atoms with Gasteiger partial charge in [-0.1, -0.05) is 32.6 Å². The maximum Gasteiger partial charge on any atom is 0.303 e. The van der Waals surface area contributed by atoms with E-state index in [2.05, 4.69) is 6.58 Å². The number of aromatic nitrogens is 1. The number of halogens is 3. The first kappa shape index (κ1) is 24.5. The van der Waals surface area contributed by atoms with E-state index in [-0.39, 0.29) is 29.8 Å². The Morgan fingerprint density at radius 1 is 1.03 bits per heavy atom. The summed E-state index contributed by atoms with van der Waals surface area (Å²) in [5.41, 5.74) is 5.86. The fourth-order valence-corrected chi connectivity index (χ4v) is 3.07. The monoisotopic (exact) mass is 444 g/mol. The predicted octanol–water partition coefficient (Wildman–Crippen LogP) is 4.94. The van der Waals surface area contributed by atoms with Crippen LogP contribution < -0.4 is 11.3 Å². The van der Waals surface area contributed by atoms with Crippen molar-refractivity contribution in [1.82, 2.24) is 4.57 Å². The number of benzene rings is 2. The van der Waals surface area contributed by atoms with Gasteiger partial charge in [0.05, 0.1) is 0 Å². The van der Waals surface area contributed by atoms with Crippen molar-refractivity contribution in [2.24, 2.45) is 0 Å². The van der Waals surface area contributed by atoms with Gasteiger partial charge < -0.3 is 10.8 Å². The molecule has 0 unspecified atom stereocenters. The summed E-state index contributed by atoms with van der Waals surface area (Å²) in [4.78, 5) is 23.1. The average molecular weight is 444 g/mol. The van der Waals surface area contributed by atoms with Crippen LogP contribution in [0.3, 0.4) is 0 Å². The molecule has 0 saturated carbocycles. The van der Waals surface area contributed by atoms with Gasteiger partial charge in [0.25, 0.3) is 5.56 Å². The molecule has 1 heterocycles. The molecule has 2 aromatic carbocycles. The Kier molecular flexibility index (Phi) is 8.01. The summed E-state index contributed by atoms with van der Waals surface area (Å²) >= 11 is 0. The van der Waals surface area contributed by atoms with Gasteiger partial charge in [-0.05, 0) is 53.5 Å². The lowest BCUT2D eigenvalue weighted by atomic mass is 10.00. The number of rotatable bonds is 6. The van der Waals surface area contributed by atoms with E-state index in [1.807, 2.05) is 13.8 Å². The number of nitrogens with zero attached hydrogens (tertiary/aromatic N) is 1. The van der Waals surface area contributed by atoms with Gasteiger partial charge in [-0.25, -0.2) is 13.2 Å². The first-order valence-electron chi connectivity index (χ1n) is 9.86. The summed E-state index contributed by atoms with van der Waals surface area (Å²) in [6, 6.07) is 9.78. The second-order valence-corrected chi connectivity index (χ2v) is 6.59. The SMILES string of the molecule is C=C(c1ccc(F)cc1)c1ccc(=O)n(-c2c(F)cc(CCC(=O)O)cc2F)c1N.CC. The molecule has 3 N–H and O–H groups in total. The molecule has 0 aliphatic rings. The summed E-state index contributed by atoms with van der Waals surface area (Å²) in [5.74, 6) is -3.92. The van der Waals surface area contributed by atoms with Gasteiger partial charge in [0.2, 0.25) is 0 Å². The molecule has 168 valence electrons. The van der Waals surface area contributed by atoms with Crippen molar-refractivity contribution in [3.63, 3.8) is 0 Å². The van der Waals surface area contributed by atoms with Gasteiger partial charge in [-0.15, -0.1) is 0 Å². The van der Waals surface area contributed by atoms with Crippen LogP contribution in [0.15, 0.2) is 59.9 Å². The van der Waals surface area contributed by atoms with Crippen LogP contribution in [0.25, 0.3) is 11.3 Å². The van der Waals surface area contributed by atoms with Gasteiger partial charge in [-0.3, -0.25) is 14.2 Å². The summed E-state index contributed by atoms with van der Waals surface area (Å²) < 4.78 is 43.3. The van der Waals surface area contributed by atoms with Crippen LogP contribution in [0, 0.1) is 17.5 Å². The van der Waals surface area contributed by atoms with Crippen LogP contribution in [0.5, 0.6) is 0 Å². The van der Waals surface area contributed by atoms with E-state index in [0.29, 0.717) is 15.7 Å². The maximum absolute atomic E-state index is 14.7. The molecule has 32 heavy (non-hydrogen) atoms. The molecule has 3 rings (SSSR count). The summed E-state index contributed by atoms with van der Waals surface area (Å²) in [7, 11) is 0. The fraction of sp³-hybridized carbons (Fsp3) is 0.167. The molecule has 0 aliphatic heterocycles. The first-order chi connectivity index (χ1) is 15.2. The van der Waals surface area contributed by atoms with Crippen LogP contribution in [0.4, 0.5) is 19.0 Å². The second-order valence-electron chi connectivity index (χ2n) is 6.59. The number of nitrogen functional groups attached to an aromatic ring is 1. The van der Waals surface area contributed by atoms with Gasteiger partial charge in [0.15, 0.2) is 11.6 Å². The average Bonchev–Trinajstić information content (AvgIpc) is 2.75. The Labute approximate surface area is 183 Å². The molecular formula is C24H23F3N2O3. The molecule has 0 radical (unpaired) electrons. The van der Waals surface area contributed by atoms with Crippen molar-refractivity contribution in [1.29, 1.82) is 0 Å². The Morgan fingerprint density at radius 2 is 1.59 bits per heavy atom. The molecule has 0 aliphatic carbocycles. The molecule has 0 bridgehead atoms. The zero-order valence-electron chi connectivity index (χ0n) is 17.7. The first-order valence-corrected chi connectivity index (χ1v) is 9.86. The molecule has 8 heteroatoms. The van der Waals surface area contributed by atoms with E-state index in [1.165, 1.54) is 30.3 Å². The highest BCUT2D eigenvalue weighted by Crippen LogP contribution is 2.29. The Balaban J connectivity index is 0.00000176. The second kappa shape index (κ2) is 10.5. The highest BCUT2D eigenvalue weighted by molar-refractivity contribution is 5.83. The Morgan fingerprint density at radius 3 is 2.12 bits per heavy atom. The summed E-state index contributed by atoms with van der Waals surface area (Å²) in [5, 5.41) is 8.73. The van der Waals surface area contributed by atoms with Gasteiger partial charge in [0, 0.05) is 18.1 Å². The number of carboxylic acids is 1. The minimum atomic E-state index is -1.10. The van der Waals surface area contributed by atoms with Crippen molar-refractivity contribution < 1.29 is 23.1 Å². The minimum Gasteiger partial charge on any atom is -0.481 e. The normalized spacial score (nSPS) is 10.3.